The minimum Gasteiger partial charge on any atom is -0.0996 e. The molecule has 3 aliphatic carbocycles. The maximum Gasteiger partial charge on any atom is -0.0172 e. The molecule has 0 aromatic heterocycles. The van der Waals surface area contributed by atoms with Gasteiger partial charge in [0.05, 0.1) is 0 Å². The largest absolute Gasteiger partial charge is 0.0996 e. The Morgan fingerprint density at radius 1 is 1.20 bits per heavy atom. The summed E-state index contributed by atoms with van der Waals surface area (Å²) in [6, 6.07) is 0. The van der Waals surface area contributed by atoms with E-state index >= 15 is 0 Å². The molecule has 0 nitrogen and oxygen atoms in total. The zero-order valence-electron chi connectivity index (χ0n) is 10.4. The first-order chi connectivity index (χ1) is 7.03. The van der Waals surface area contributed by atoms with Crippen molar-refractivity contribution in [3.8, 4) is 0 Å². The highest BCUT2D eigenvalue weighted by atomic mass is 14.7. The van der Waals surface area contributed by atoms with E-state index in [0.717, 1.165) is 29.6 Å². The van der Waals surface area contributed by atoms with E-state index in [0.29, 0.717) is 5.41 Å². The second kappa shape index (κ2) is 2.90. The molecule has 0 amide bonds. The highest BCUT2D eigenvalue weighted by molar-refractivity contribution is 5.20. The Hall–Kier alpha value is -0.260. The van der Waals surface area contributed by atoms with Crippen molar-refractivity contribution in [3.05, 3.63) is 12.2 Å². The van der Waals surface area contributed by atoms with Gasteiger partial charge in [-0.1, -0.05) is 32.9 Å². The van der Waals surface area contributed by atoms with Gasteiger partial charge in [0.2, 0.25) is 0 Å². The van der Waals surface area contributed by atoms with Crippen molar-refractivity contribution in [2.45, 2.75) is 46.5 Å². The van der Waals surface area contributed by atoms with Crippen molar-refractivity contribution in [1.82, 2.24) is 0 Å². The van der Waals surface area contributed by atoms with E-state index in [1.165, 1.54) is 25.7 Å². The zero-order chi connectivity index (χ0) is 10.8. The van der Waals surface area contributed by atoms with Crippen LogP contribution in [0.25, 0.3) is 0 Å². The van der Waals surface area contributed by atoms with Gasteiger partial charge in [-0.15, -0.1) is 0 Å². The van der Waals surface area contributed by atoms with Crippen LogP contribution in [0, 0.1) is 35.0 Å². The molecule has 0 spiro atoms. The fraction of sp³-hybridized carbons (Fsp3) is 0.867. The summed E-state index contributed by atoms with van der Waals surface area (Å²) >= 11 is 0. The van der Waals surface area contributed by atoms with E-state index in [1.54, 1.807) is 5.57 Å². The lowest BCUT2D eigenvalue weighted by Gasteiger charge is -2.25. The van der Waals surface area contributed by atoms with Crippen LogP contribution in [0.1, 0.15) is 46.5 Å². The minimum absolute atomic E-state index is 0.655. The maximum atomic E-state index is 4.35. The second-order valence-electron chi connectivity index (χ2n) is 6.89. The molecule has 0 saturated heterocycles. The summed E-state index contributed by atoms with van der Waals surface area (Å²) in [4.78, 5) is 0. The van der Waals surface area contributed by atoms with Crippen LogP contribution in [-0.2, 0) is 0 Å². The smallest absolute Gasteiger partial charge is 0.0172 e. The van der Waals surface area contributed by atoms with E-state index in [2.05, 4.69) is 27.4 Å². The number of fused-ring (bicyclic) bond motifs is 3. The van der Waals surface area contributed by atoms with Gasteiger partial charge in [0, 0.05) is 0 Å². The fourth-order valence-corrected chi connectivity index (χ4v) is 4.93. The molecule has 0 N–H and O–H groups in total. The average molecular weight is 204 g/mol. The molecule has 84 valence electrons. The molecule has 0 aromatic rings. The van der Waals surface area contributed by atoms with Gasteiger partial charge in [-0.3, -0.25) is 0 Å². The van der Waals surface area contributed by atoms with Crippen LogP contribution in [0.4, 0.5) is 0 Å². The van der Waals surface area contributed by atoms with E-state index in [9.17, 15) is 0 Å². The molecule has 0 aliphatic heterocycles. The monoisotopic (exact) mass is 204 g/mol. The van der Waals surface area contributed by atoms with Crippen LogP contribution in [0.15, 0.2) is 12.2 Å². The van der Waals surface area contributed by atoms with E-state index in [-0.39, 0.29) is 0 Å². The Morgan fingerprint density at radius 3 is 2.67 bits per heavy atom. The van der Waals surface area contributed by atoms with Crippen molar-refractivity contribution in [1.29, 1.82) is 0 Å². The fourth-order valence-electron chi connectivity index (χ4n) is 4.93. The van der Waals surface area contributed by atoms with Gasteiger partial charge in [0.25, 0.3) is 0 Å². The number of allylic oxidation sites excluding steroid dienone is 1. The number of rotatable bonds is 0. The molecular weight excluding hydrogens is 180 g/mol. The van der Waals surface area contributed by atoms with Crippen LogP contribution < -0.4 is 0 Å². The highest BCUT2D eigenvalue weighted by Gasteiger charge is 2.64. The predicted molar refractivity (Wildman–Crippen MR) is 64.5 cm³/mol. The lowest BCUT2D eigenvalue weighted by atomic mass is 9.80. The van der Waals surface area contributed by atoms with Gasteiger partial charge in [-0.05, 0) is 60.7 Å². The molecule has 0 unspecified atom stereocenters. The van der Waals surface area contributed by atoms with Crippen LogP contribution in [-0.4, -0.2) is 0 Å². The Morgan fingerprint density at radius 2 is 1.93 bits per heavy atom. The summed E-state index contributed by atoms with van der Waals surface area (Å²) in [5.74, 6) is 4.87. The SMILES string of the molecule is C=C1CC[C@H]2[C@@H]([C@@H]3[C@@H](C)CC[C@@H]13)C2(C)C. The first-order valence-electron chi connectivity index (χ1n) is 6.71. The summed E-state index contributed by atoms with van der Waals surface area (Å²) in [7, 11) is 0. The summed E-state index contributed by atoms with van der Waals surface area (Å²) in [6.07, 6.45) is 5.63. The van der Waals surface area contributed by atoms with Crippen molar-refractivity contribution in [3.63, 3.8) is 0 Å². The molecule has 3 fully saturated rings. The summed E-state index contributed by atoms with van der Waals surface area (Å²) in [6.45, 7) is 11.8. The van der Waals surface area contributed by atoms with Crippen LogP contribution in [0.5, 0.6) is 0 Å². The third kappa shape index (κ3) is 1.20. The lowest BCUT2D eigenvalue weighted by molar-refractivity contribution is 0.280. The summed E-state index contributed by atoms with van der Waals surface area (Å²) in [5.41, 5.74) is 2.25. The first-order valence-corrected chi connectivity index (χ1v) is 6.71. The van der Waals surface area contributed by atoms with Gasteiger partial charge < -0.3 is 0 Å². The lowest BCUT2D eigenvalue weighted by Crippen LogP contribution is -2.18. The van der Waals surface area contributed by atoms with Gasteiger partial charge in [0.1, 0.15) is 0 Å². The van der Waals surface area contributed by atoms with Gasteiger partial charge >= 0.3 is 0 Å². The van der Waals surface area contributed by atoms with Gasteiger partial charge in [0.15, 0.2) is 0 Å². The average Bonchev–Trinajstić information content (AvgIpc) is 2.55. The first kappa shape index (κ1) is 9.93. The van der Waals surface area contributed by atoms with Gasteiger partial charge in [-0.25, -0.2) is 0 Å². The Bertz CT molecular complexity index is 299. The molecule has 0 heterocycles. The van der Waals surface area contributed by atoms with Crippen molar-refractivity contribution >= 4 is 0 Å². The van der Waals surface area contributed by atoms with Crippen LogP contribution >= 0.6 is 0 Å². The zero-order valence-corrected chi connectivity index (χ0v) is 10.4. The molecule has 15 heavy (non-hydrogen) atoms. The quantitative estimate of drug-likeness (QED) is 0.517. The molecule has 5 atom stereocenters. The number of hydrogen-bond acceptors (Lipinski definition) is 0. The second-order valence-corrected chi connectivity index (χ2v) is 6.89. The standard InChI is InChI=1S/C15H24/c1-9-6-8-12-14(15(12,3)4)13-10(2)5-7-11(9)13/h10-14H,1,5-8H2,2-4H3/t10-,11-,12-,13+,14-/m0/s1. The Balaban J connectivity index is 1.93. The molecule has 0 aromatic carbocycles. The van der Waals surface area contributed by atoms with Crippen LogP contribution in [0.3, 0.4) is 0 Å². The third-order valence-electron chi connectivity index (χ3n) is 5.91. The van der Waals surface area contributed by atoms with E-state index in [1.807, 2.05) is 0 Å². The molecule has 3 aliphatic rings. The normalized spacial score (nSPS) is 51.9. The minimum atomic E-state index is 0.655. The Kier molecular flexibility index (Phi) is 1.92. The molecule has 3 rings (SSSR count). The number of hydrogen-bond donors (Lipinski definition) is 0. The molecule has 3 saturated carbocycles. The molecule has 0 heteroatoms. The molecular formula is C15H24. The van der Waals surface area contributed by atoms with Crippen molar-refractivity contribution in [2.24, 2.45) is 35.0 Å². The van der Waals surface area contributed by atoms with Crippen molar-refractivity contribution in [2.75, 3.05) is 0 Å². The van der Waals surface area contributed by atoms with E-state index in [4.69, 9.17) is 0 Å². The molecule has 0 radical (unpaired) electrons. The topological polar surface area (TPSA) is 0 Å². The maximum absolute atomic E-state index is 4.35. The Labute approximate surface area is 94.1 Å². The van der Waals surface area contributed by atoms with Gasteiger partial charge in [-0.2, -0.15) is 0 Å². The van der Waals surface area contributed by atoms with E-state index < -0.39 is 0 Å². The van der Waals surface area contributed by atoms with Crippen LogP contribution in [0.2, 0.25) is 0 Å². The van der Waals surface area contributed by atoms with Crippen molar-refractivity contribution < 1.29 is 0 Å². The third-order valence-corrected chi connectivity index (χ3v) is 5.91. The summed E-state index contributed by atoms with van der Waals surface area (Å²) in [5, 5.41) is 0. The highest BCUT2D eigenvalue weighted by Crippen LogP contribution is 2.70. The predicted octanol–water partition coefficient (Wildman–Crippen LogP) is 4.27. The molecule has 0 bridgehead atoms. The summed E-state index contributed by atoms with van der Waals surface area (Å²) < 4.78 is 0.